The summed E-state index contributed by atoms with van der Waals surface area (Å²) in [5, 5.41) is 31.7. The molecule has 0 unspecified atom stereocenters. The van der Waals surface area contributed by atoms with Gasteiger partial charge in [-0.2, -0.15) is 20.7 Å². The molecule has 0 amide bonds. The second-order valence-electron chi connectivity index (χ2n) is 5.97. The minimum Gasteiger partial charge on any atom is -0.345 e. The number of H-pyrrole nitrogens is 1. The lowest BCUT2D eigenvalue weighted by atomic mass is 9.67. The Bertz CT molecular complexity index is 947. The van der Waals surface area contributed by atoms with Gasteiger partial charge in [-0.3, -0.25) is 4.68 Å². The van der Waals surface area contributed by atoms with Crippen molar-refractivity contribution in [3.63, 3.8) is 0 Å². The lowest BCUT2D eigenvalue weighted by Crippen LogP contribution is -2.46. The number of aromatic amines is 1. The van der Waals surface area contributed by atoms with Gasteiger partial charge in [-0.05, 0) is 18.9 Å². The number of fused-ring (bicyclic) bond motifs is 1. The van der Waals surface area contributed by atoms with Crippen molar-refractivity contribution in [1.82, 2.24) is 25.0 Å². The highest BCUT2D eigenvalue weighted by atomic mass is 15.3. The molecule has 0 radical (unpaired) electrons. The van der Waals surface area contributed by atoms with Crippen molar-refractivity contribution in [2.24, 2.45) is 5.92 Å². The molecule has 3 aromatic heterocycles. The normalized spacial score (nSPS) is 23.1. The van der Waals surface area contributed by atoms with Crippen molar-refractivity contribution >= 4 is 11.0 Å². The molecule has 1 aliphatic carbocycles. The number of rotatable bonds is 3. The minimum atomic E-state index is -0.356. The lowest BCUT2D eigenvalue weighted by Gasteiger charge is -2.43. The lowest BCUT2D eigenvalue weighted by molar-refractivity contribution is 0.0882. The molecule has 0 atom stereocenters. The van der Waals surface area contributed by atoms with Gasteiger partial charge in [-0.1, -0.05) is 0 Å². The van der Waals surface area contributed by atoms with Gasteiger partial charge in [-0.25, -0.2) is 0 Å². The van der Waals surface area contributed by atoms with Gasteiger partial charge in [0, 0.05) is 28.9 Å². The molecular weight excluding hydrogens is 290 g/mol. The zero-order valence-electron chi connectivity index (χ0n) is 12.3. The number of nitrogens with zero attached hydrogens (tertiary/aromatic N) is 6. The molecule has 1 fully saturated rings. The largest absolute Gasteiger partial charge is 0.345 e. The van der Waals surface area contributed by atoms with Crippen LogP contribution in [0.4, 0.5) is 0 Å². The summed E-state index contributed by atoms with van der Waals surface area (Å²) in [5.41, 5.74) is 2.26. The van der Waals surface area contributed by atoms with Crippen LogP contribution in [0.25, 0.3) is 22.2 Å². The quantitative estimate of drug-likeness (QED) is 0.799. The minimum absolute atomic E-state index is 0.00923. The molecule has 1 N–H and O–H groups in total. The molecule has 0 bridgehead atoms. The monoisotopic (exact) mass is 303 g/mol. The predicted octanol–water partition coefficient (Wildman–Crippen LogP) is 2.36. The van der Waals surface area contributed by atoms with Crippen molar-refractivity contribution in [2.45, 2.75) is 24.8 Å². The molecule has 0 spiro atoms. The first-order valence-electron chi connectivity index (χ1n) is 7.37. The van der Waals surface area contributed by atoms with E-state index in [2.05, 4.69) is 32.4 Å². The second-order valence-corrected chi connectivity index (χ2v) is 5.97. The molecule has 0 saturated heterocycles. The fraction of sp³-hybridized carbons (Fsp3) is 0.312. The standard InChI is InChI=1S/C16H13N7/c17-3-2-16(5-11(6-16)7-18)23-10-12(8-21-23)14-9-20-22-15-13(14)1-4-19-15/h1,4,8-11H,2,5-6H2,(H,19,22)/t11-,16+. The smallest absolute Gasteiger partial charge is 0.160 e. The van der Waals surface area contributed by atoms with E-state index in [0.717, 1.165) is 22.2 Å². The third-order valence-corrected chi connectivity index (χ3v) is 4.58. The van der Waals surface area contributed by atoms with E-state index in [9.17, 15) is 0 Å². The summed E-state index contributed by atoms with van der Waals surface area (Å²) < 4.78 is 1.85. The van der Waals surface area contributed by atoms with E-state index in [4.69, 9.17) is 10.5 Å². The van der Waals surface area contributed by atoms with Crippen LogP contribution in [0.2, 0.25) is 0 Å². The molecule has 3 aromatic rings. The van der Waals surface area contributed by atoms with Crippen LogP contribution >= 0.6 is 0 Å². The molecule has 3 heterocycles. The Hall–Kier alpha value is -3.19. The summed E-state index contributed by atoms with van der Waals surface area (Å²) in [7, 11) is 0. The van der Waals surface area contributed by atoms with E-state index in [1.807, 2.05) is 23.1 Å². The molecule has 1 aliphatic rings. The molecule has 7 heteroatoms. The van der Waals surface area contributed by atoms with Gasteiger partial charge in [0.05, 0.1) is 42.4 Å². The first-order valence-corrected chi connectivity index (χ1v) is 7.37. The van der Waals surface area contributed by atoms with Gasteiger partial charge in [0.15, 0.2) is 5.65 Å². The molecule has 0 aromatic carbocycles. The van der Waals surface area contributed by atoms with Crippen LogP contribution in [0, 0.1) is 28.6 Å². The highest BCUT2D eigenvalue weighted by Gasteiger charge is 2.46. The molecule has 112 valence electrons. The summed E-state index contributed by atoms with van der Waals surface area (Å²) in [6, 6.07) is 6.46. The van der Waals surface area contributed by atoms with E-state index in [1.165, 1.54) is 0 Å². The maximum Gasteiger partial charge on any atom is 0.160 e. The molecule has 23 heavy (non-hydrogen) atoms. The summed E-state index contributed by atoms with van der Waals surface area (Å²) in [6.45, 7) is 0. The van der Waals surface area contributed by atoms with Crippen LogP contribution in [-0.2, 0) is 5.54 Å². The van der Waals surface area contributed by atoms with Gasteiger partial charge in [0.2, 0.25) is 0 Å². The van der Waals surface area contributed by atoms with Crippen LogP contribution in [0.1, 0.15) is 19.3 Å². The van der Waals surface area contributed by atoms with E-state index in [0.29, 0.717) is 19.3 Å². The third-order valence-electron chi connectivity index (χ3n) is 4.58. The zero-order chi connectivity index (χ0) is 15.9. The Morgan fingerprint density at radius 3 is 3.00 bits per heavy atom. The number of nitriles is 2. The highest BCUT2D eigenvalue weighted by Crippen LogP contribution is 2.46. The number of hydrogen-bond acceptors (Lipinski definition) is 5. The van der Waals surface area contributed by atoms with Crippen molar-refractivity contribution < 1.29 is 0 Å². The van der Waals surface area contributed by atoms with Gasteiger partial charge >= 0.3 is 0 Å². The van der Waals surface area contributed by atoms with Crippen LogP contribution < -0.4 is 0 Å². The van der Waals surface area contributed by atoms with E-state index in [-0.39, 0.29) is 11.5 Å². The number of aromatic nitrogens is 5. The summed E-state index contributed by atoms with van der Waals surface area (Å²) in [4.78, 5) is 3.04. The molecular formula is C16H13N7. The van der Waals surface area contributed by atoms with Gasteiger partial charge in [-0.15, -0.1) is 5.10 Å². The topological polar surface area (TPSA) is 107 Å². The third kappa shape index (κ3) is 1.98. The Labute approximate surface area is 132 Å². The summed E-state index contributed by atoms with van der Waals surface area (Å²) in [6.07, 6.45) is 8.97. The maximum atomic E-state index is 9.13. The van der Waals surface area contributed by atoms with E-state index >= 15 is 0 Å². The van der Waals surface area contributed by atoms with Crippen molar-refractivity contribution in [3.8, 4) is 23.3 Å². The molecule has 1 saturated carbocycles. The first-order chi connectivity index (χ1) is 11.3. The second kappa shape index (κ2) is 4.92. The first kappa shape index (κ1) is 13.5. The van der Waals surface area contributed by atoms with Crippen LogP contribution in [-0.4, -0.2) is 25.0 Å². The number of hydrogen-bond donors (Lipinski definition) is 1. The zero-order valence-corrected chi connectivity index (χ0v) is 12.3. The van der Waals surface area contributed by atoms with Gasteiger partial charge in [0.1, 0.15) is 0 Å². The number of nitrogens with one attached hydrogen (secondary N) is 1. The highest BCUT2D eigenvalue weighted by molar-refractivity contribution is 5.91. The maximum absolute atomic E-state index is 9.13. The molecule has 4 rings (SSSR count). The molecule has 0 aliphatic heterocycles. The Morgan fingerprint density at radius 1 is 1.35 bits per heavy atom. The van der Waals surface area contributed by atoms with Crippen LogP contribution in [0.3, 0.4) is 0 Å². The van der Waals surface area contributed by atoms with E-state index in [1.54, 1.807) is 12.4 Å². The average Bonchev–Trinajstić information content (AvgIpc) is 3.18. The van der Waals surface area contributed by atoms with Crippen molar-refractivity contribution in [1.29, 1.82) is 10.5 Å². The fourth-order valence-electron chi connectivity index (χ4n) is 3.33. The van der Waals surface area contributed by atoms with E-state index < -0.39 is 0 Å². The van der Waals surface area contributed by atoms with Crippen LogP contribution in [0.5, 0.6) is 0 Å². The average molecular weight is 303 g/mol. The summed E-state index contributed by atoms with van der Waals surface area (Å²) in [5.74, 6) is 0.00923. The van der Waals surface area contributed by atoms with Crippen molar-refractivity contribution in [2.75, 3.05) is 0 Å². The SMILES string of the molecule is N#CC[C@]1(n2cc(-c3cnnc4[nH]ccc34)cn2)C[C@@H](C#N)C1. The fourth-order valence-corrected chi connectivity index (χ4v) is 3.33. The Kier molecular flexibility index (Phi) is 2.88. The van der Waals surface area contributed by atoms with Gasteiger partial charge < -0.3 is 4.98 Å². The molecule has 7 nitrogen and oxygen atoms in total. The predicted molar refractivity (Wildman–Crippen MR) is 81.7 cm³/mol. The Morgan fingerprint density at radius 2 is 2.22 bits per heavy atom. The van der Waals surface area contributed by atoms with Crippen molar-refractivity contribution in [3.05, 3.63) is 30.9 Å². The summed E-state index contributed by atoms with van der Waals surface area (Å²) >= 11 is 0. The van der Waals surface area contributed by atoms with Crippen LogP contribution in [0.15, 0.2) is 30.9 Å². The van der Waals surface area contributed by atoms with Gasteiger partial charge in [0.25, 0.3) is 0 Å². The Balaban J connectivity index is 1.74.